The Bertz CT molecular complexity index is 499. The maximum Gasteiger partial charge on any atom is 0.307 e. The van der Waals surface area contributed by atoms with E-state index < -0.39 is 11.9 Å². The number of carboxylic acid groups (broad SMARTS) is 1. The molecule has 1 aromatic rings. The first-order valence-corrected chi connectivity index (χ1v) is 6.75. The molecule has 2 fully saturated rings. The number of amides is 1. The van der Waals surface area contributed by atoms with Crippen LogP contribution in [0.2, 0.25) is 0 Å². The van der Waals surface area contributed by atoms with E-state index in [1.54, 1.807) is 0 Å². The number of hydrogen-bond acceptors (Lipinski definition) is 2. The van der Waals surface area contributed by atoms with Crippen LogP contribution in [-0.2, 0) is 9.59 Å². The van der Waals surface area contributed by atoms with Gasteiger partial charge >= 0.3 is 5.97 Å². The lowest BCUT2D eigenvalue weighted by Crippen LogP contribution is -2.37. The third-order valence-electron chi connectivity index (χ3n) is 4.55. The maximum absolute atomic E-state index is 12.3. The van der Waals surface area contributed by atoms with Crippen LogP contribution in [0.15, 0.2) is 30.3 Å². The fourth-order valence-electron chi connectivity index (χ4n) is 3.77. The standard InChI is InChI=1S/C15H17NO3/c17-14(16-11-4-2-1-3-5-11)12-9-6-7-10(8-9)13(12)15(18)19/h1-5,9-10,12-13H,6-8H2,(H,16,17)(H,18,19)/t9-,10+,12-,13-/m0/s1. The van der Waals surface area contributed by atoms with E-state index >= 15 is 0 Å². The van der Waals surface area contributed by atoms with Gasteiger partial charge in [0.15, 0.2) is 0 Å². The molecule has 4 heteroatoms. The highest BCUT2D eigenvalue weighted by Crippen LogP contribution is 2.52. The zero-order chi connectivity index (χ0) is 13.4. The summed E-state index contributed by atoms with van der Waals surface area (Å²) in [6, 6.07) is 9.23. The number of rotatable bonds is 3. The topological polar surface area (TPSA) is 66.4 Å². The molecule has 2 aliphatic carbocycles. The number of hydrogen-bond donors (Lipinski definition) is 2. The van der Waals surface area contributed by atoms with Crippen LogP contribution in [0.1, 0.15) is 19.3 Å². The number of benzene rings is 1. The lowest BCUT2D eigenvalue weighted by Gasteiger charge is -2.27. The van der Waals surface area contributed by atoms with Gasteiger partial charge < -0.3 is 10.4 Å². The van der Waals surface area contributed by atoms with Crippen LogP contribution >= 0.6 is 0 Å². The molecular weight excluding hydrogens is 242 g/mol. The second-order valence-electron chi connectivity index (χ2n) is 5.58. The van der Waals surface area contributed by atoms with Crippen molar-refractivity contribution in [3.8, 4) is 0 Å². The van der Waals surface area contributed by atoms with E-state index in [9.17, 15) is 14.7 Å². The van der Waals surface area contributed by atoms with Crippen LogP contribution in [-0.4, -0.2) is 17.0 Å². The fourth-order valence-corrected chi connectivity index (χ4v) is 3.77. The van der Waals surface area contributed by atoms with Gasteiger partial charge in [0.05, 0.1) is 11.8 Å². The largest absolute Gasteiger partial charge is 0.481 e. The molecule has 2 N–H and O–H groups in total. The Morgan fingerprint density at radius 3 is 2.32 bits per heavy atom. The quantitative estimate of drug-likeness (QED) is 0.875. The van der Waals surface area contributed by atoms with Gasteiger partial charge in [-0.2, -0.15) is 0 Å². The zero-order valence-corrected chi connectivity index (χ0v) is 10.6. The second-order valence-corrected chi connectivity index (χ2v) is 5.58. The Labute approximate surface area is 111 Å². The molecule has 4 atom stereocenters. The van der Waals surface area contributed by atoms with Crippen LogP contribution in [0, 0.1) is 23.7 Å². The molecule has 3 rings (SSSR count). The number of anilines is 1. The number of carboxylic acids is 1. The van der Waals surface area contributed by atoms with Crippen molar-refractivity contribution in [3.63, 3.8) is 0 Å². The predicted octanol–water partition coefficient (Wildman–Crippen LogP) is 2.37. The summed E-state index contributed by atoms with van der Waals surface area (Å²) in [6.07, 6.45) is 2.84. The summed E-state index contributed by atoms with van der Waals surface area (Å²) in [7, 11) is 0. The van der Waals surface area contributed by atoms with E-state index in [0.717, 1.165) is 24.9 Å². The van der Waals surface area contributed by atoms with Gasteiger partial charge in [-0.25, -0.2) is 0 Å². The molecule has 0 aliphatic heterocycles. The summed E-state index contributed by atoms with van der Waals surface area (Å²) < 4.78 is 0. The minimum atomic E-state index is -0.819. The van der Waals surface area contributed by atoms with Gasteiger partial charge in [0, 0.05) is 5.69 Å². The highest BCUT2D eigenvalue weighted by atomic mass is 16.4. The monoisotopic (exact) mass is 259 g/mol. The third-order valence-corrected chi connectivity index (χ3v) is 4.55. The Hall–Kier alpha value is -1.84. The maximum atomic E-state index is 12.3. The van der Waals surface area contributed by atoms with Gasteiger partial charge in [0.2, 0.25) is 5.91 Å². The summed E-state index contributed by atoms with van der Waals surface area (Å²) in [5.41, 5.74) is 0.736. The normalized spacial score (nSPS) is 32.2. The van der Waals surface area contributed by atoms with Crippen molar-refractivity contribution >= 4 is 17.6 Å². The Morgan fingerprint density at radius 2 is 1.68 bits per heavy atom. The molecule has 0 spiro atoms. The number of aliphatic carboxylic acids is 1. The minimum absolute atomic E-state index is 0.134. The molecule has 2 saturated carbocycles. The van der Waals surface area contributed by atoms with Gasteiger partial charge in [-0.3, -0.25) is 9.59 Å². The average molecular weight is 259 g/mol. The van der Waals surface area contributed by atoms with Gasteiger partial charge in [-0.15, -0.1) is 0 Å². The molecular formula is C15H17NO3. The van der Waals surface area contributed by atoms with Gasteiger partial charge in [0.1, 0.15) is 0 Å². The molecule has 2 bridgehead atoms. The van der Waals surface area contributed by atoms with Crippen molar-refractivity contribution in [2.75, 3.05) is 5.32 Å². The van der Waals surface area contributed by atoms with Gasteiger partial charge in [0.25, 0.3) is 0 Å². The van der Waals surface area contributed by atoms with Crippen molar-refractivity contribution in [1.82, 2.24) is 0 Å². The molecule has 19 heavy (non-hydrogen) atoms. The van der Waals surface area contributed by atoms with E-state index in [-0.39, 0.29) is 23.7 Å². The lowest BCUT2D eigenvalue weighted by atomic mass is 9.78. The summed E-state index contributed by atoms with van der Waals surface area (Å²) in [4.78, 5) is 23.7. The first kappa shape index (κ1) is 12.2. The molecule has 0 aromatic heterocycles. The van der Waals surface area contributed by atoms with Gasteiger partial charge in [-0.05, 0) is 43.2 Å². The first-order valence-electron chi connectivity index (χ1n) is 6.75. The second kappa shape index (κ2) is 4.68. The van der Waals surface area contributed by atoms with Crippen molar-refractivity contribution in [2.45, 2.75) is 19.3 Å². The van der Waals surface area contributed by atoms with E-state index in [1.807, 2.05) is 30.3 Å². The van der Waals surface area contributed by atoms with E-state index in [0.29, 0.717) is 0 Å². The highest BCUT2D eigenvalue weighted by molar-refractivity contribution is 5.95. The zero-order valence-electron chi connectivity index (χ0n) is 10.6. The van der Waals surface area contributed by atoms with E-state index in [4.69, 9.17) is 0 Å². The number of carbonyl (C=O) groups excluding carboxylic acids is 1. The molecule has 0 heterocycles. The lowest BCUT2D eigenvalue weighted by molar-refractivity contribution is -0.148. The third kappa shape index (κ3) is 2.11. The van der Waals surface area contributed by atoms with Crippen LogP contribution in [0.4, 0.5) is 5.69 Å². The Morgan fingerprint density at radius 1 is 1.05 bits per heavy atom. The van der Waals surface area contributed by atoms with Gasteiger partial charge in [-0.1, -0.05) is 18.2 Å². The molecule has 2 aliphatic rings. The predicted molar refractivity (Wildman–Crippen MR) is 70.5 cm³/mol. The summed E-state index contributed by atoms with van der Waals surface area (Å²) in [6.45, 7) is 0. The number of fused-ring (bicyclic) bond motifs is 2. The smallest absolute Gasteiger partial charge is 0.307 e. The summed E-state index contributed by atoms with van der Waals surface area (Å²) in [5, 5.41) is 12.2. The molecule has 100 valence electrons. The Balaban J connectivity index is 1.77. The summed E-state index contributed by atoms with van der Waals surface area (Å²) in [5.74, 6) is -1.38. The molecule has 1 aromatic carbocycles. The molecule has 1 amide bonds. The van der Waals surface area contributed by atoms with Crippen LogP contribution in [0.25, 0.3) is 0 Å². The molecule has 0 unspecified atom stereocenters. The van der Waals surface area contributed by atoms with Crippen LogP contribution < -0.4 is 5.32 Å². The number of para-hydroxylation sites is 1. The number of nitrogens with one attached hydrogen (secondary N) is 1. The minimum Gasteiger partial charge on any atom is -0.481 e. The van der Waals surface area contributed by atoms with E-state index in [1.165, 1.54) is 0 Å². The Kier molecular flexibility index (Phi) is 3.01. The number of carbonyl (C=O) groups is 2. The van der Waals surface area contributed by atoms with Crippen molar-refractivity contribution < 1.29 is 14.7 Å². The first-order chi connectivity index (χ1) is 9.16. The SMILES string of the molecule is O=C(O)[C@H]1[C@@H]2CC[C@@H](C2)[C@@H]1C(=O)Nc1ccccc1. The fraction of sp³-hybridized carbons (Fsp3) is 0.467. The van der Waals surface area contributed by atoms with Crippen molar-refractivity contribution in [3.05, 3.63) is 30.3 Å². The highest BCUT2D eigenvalue weighted by Gasteiger charge is 2.53. The molecule has 0 radical (unpaired) electrons. The van der Waals surface area contributed by atoms with Crippen molar-refractivity contribution in [1.29, 1.82) is 0 Å². The summed E-state index contributed by atoms with van der Waals surface area (Å²) >= 11 is 0. The van der Waals surface area contributed by atoms with Crippen molar-refractivity contribution in [2.24, 2.45) is 23.7 Å². The molecule has 4 nitrogen and oxygen atoms in total. The average Bonchev–Trinajstić information content (AvgIpc) is 2.99. The molecule has 0 saturated heterocycles. The van der Waals surface area contributed by atoms with Crippen LogP contribution in [0.3, 0.4) is 0 Å². The van der Waals surface area contributed by atoms with E-state index in [2.05, 4.69) is 5.32 Å². The van der Waals surface area contributed by atoms with Crippen LogP contribution in [0.5, 0.6) is 0 Å².